The van der Waals surface area contributed by atoms with Crippen LogP contribution in [0.3, 0.4) is 0 Å². The average Bonchev–Trinajstić information content (AvgIpc) is 2.87. The number of aromatic nitrogens is 2. The predicted molar refractivity (Wildman–Crippen MR) is 73.1 cm³/mol. The molecule has 2 rings (SSSR count). The zero-order valence-corrected chi connectivity index (χ0v) is 11.9. The molecule has 0 atom stereocenters. The molecule has 1 heterocycles. The topological polar surface area (TPSA) is 81.3 Å². The first-order valence-corrected chi connectivity index (χ1v) is 6.89. The monoisotopic (exact) mass is 280 g/mol. The van der Waals surface area contributed by atoms with Gasteiger partial charge in [-0.2, -0.15) is 0 Å². The number of likely N-dealkylation sites (N-methyl/N-ethyl adjacent to an activating group) is 1. The van der Waals surface area contributed by atoms with Gasteiger partial charge in [0, 0.05) is 13.1 Å². The van der Waals surface area contributed by atoms with E-state index in [1.54, 1.807) is 4.90 Å². The number of nitro groups is 1. The first-order valence-electron chi connectivity index (χ1n) is 6.89. The molecule has 1 saturated carbocycles. The molecule has 1 fully saturated rings. The van der Waals surface area contributed by atoms with Crippen LogP contribution in [0.25, 0.3) is 0 Å². The maximum absolute atomic E-state index is 12.2. The fourth-order valence-electron chi connectivity index (χ4n) is 2.63. The Labute approximate surface area is 117 Å². The fourth-order valence-corrected chi connectivity index (χ4v) is 2.63. The Morgan fingerprint density at radius 1 is 1.50 bits per heavy atom. The Bertz CT molecular complexity index is 492. The molecule has 20 heavy (non-hydrogen) atoms. The number of hydrogen-bond donors (Lipinski definition) is 0. The SMILES string of the molecule is CC1CCC(N(C)C(=O)Cn2cnc([N+](=O)[O-])c2)CC1. The van der Waals surface area contributed by atoms with E-state index in [0.717, 1.165) is 31.6 Å². The Hall–Kier alpha value is -1.92. The molecule has 0 aliphatic heterocycles. The van der Waals surface area contributed by atoms with Gasteiger partial charge in [0.2, 0.25) is 12.2 Å². The molecule has 110 valence electrons. The molecule has 1 aromatic rings. The van der Waals surface area contributed by atoms with E-state index >= 15 is 0 Å². The molecule has 7 heteroatoms. The molecule has 1 aliphatic carbocycles. The summed E-state index contributed by atoms with van der Waals surface area (Å²) in [6, 6.07) is 0.289. The van der Waals surface area contributed by atoms with E-state index in [1.165, 1.54) is 17.1 Å². The zero-order valence-electron chi connectivity index (χ0n) is 11.9. The van der Waals surface area contributed by atoms with Crippen molar-refractivity contribution >= 4 is 11.7 Å². The van der Waals surface area contributed by atoms with Gasteiger partial charge in [-0.25, -0.2) is 0 Å². The van der Waals surface area contributed by atoms with Crippen LogP contribution in [-0.4, -0.2) is 38.4 Å². The van der Waals surface area contributed by atoms with E-state index in [9.17, 15) is 14.9 Å². The van der Waals surface area contributed by atoms with Crippen LogP contribution in [0, 0.1) is 16.0 Å². The molecule has 0 spiro atoms. The predicted octanol–water partition coefficient (Wildman–Crippen LogP) is 1.83. The minimum Gasteiger partial charge on any atom is -0.358 e. The van der Waals surface area contributed by atoms with Gasteiger partial charge < -0.3 is 19.6 Å². The van der Waals surface area contributed by atoms with Crippen molar-refractivity contribution in [1.82, 2.24) is 14.5 Å². The lowest BCUT2D eigenvalue weighted by Gasteiger charge is -2.33. The van der Waals surface area contributed by atoms with Crippen LogP contribution in [0.5, 0.6) is 0 Å². The largest absolute Gasteiger partial charge is 0.381 e. The quantitative estimate of drug-likeness (QED) is 0.622. The molecule has 0 saturated heterocycles. The summed E-state index contributed by atoms with van der Waals surface area (Å²) < 4.78 is 1.46. The van der Waals surface area contributed by atoms with Gasteiger partial charge in [0.1, 0.15) is 12.7 Å². The van der Waals surface area contributed by atoms with Gasteiger partial charge in [-0.1, -0.05) is 6.92 Å². The van der Waals surface area contributed by atoms with Gasteiger partial charge in [-0.05, 0) is 41.5 Å². The van der Waals surface area contributed by atoms with Crippen LogP contribution in [0.1, 0.15) is 32.6 Å². The van der Waals surface area contributed by atoms with Crippen molar-refractivity contribution in [1.29, 1.82) is 0 Å². The number of nitrogens with zero attached hydrogens (tertiary/aromatic N) is 4. The number of carbonyl (C=O) groups is 1. The van der Waals surface area contributed by atoms with E-state index in [-0.39, 0.29) is 24.3 Å². The molecule has 1 aromatic heterocycles. The van der Waals surface area contributed by atoms with E-state index in [0.29, 0.717) is 0 Å². The molecule has 0 bridgehead atoms. The minimum atomic E-state index is -0.562. The highest BCUT2D eigenvalue weighted by Crippen LogP contribution is 2.26. The van der Waals surface area contributed by atoms with Gasteiger partial charge in [0.25, 0.3) is 0 Å². The standard InChI is InChI=1S/C13H20N4O3/c1-10-3-5-11(6-4-10)15(2)13(18)8-16-7-12(14-9-16)17(19)20/h7,9-11H,3-6,8H2,1-2H3. The Morgan fingerprint density at radius 2 is 2.15 bits per heavy atom. The maximum Gasteiger partial charge on any atom is 0.381 e. The number of rotatable bonds is 4. The third-order valence-corrected chi connectivity index (χ3v) is 4.05. The third kappa shape index (κ3) is 3.34. The van der Waals surface area contributed by atoms with E-state index in [1.807, 2.05) is 7.05 Å². The molecule has 0 aromatic carbocycles. The second-order valence-electron chi connectivity index (χ2n) is 5.58. The summed E-state index contributed by atoms with van der Waals surface area (Å²) in [5.41, 5.74) is 0. The summed E-state index contributed by atoms with van der Waals surface area (Å²) in [6.45, 7) is 2.34. The van der Waals surface area contributed by atoms with Gasteiger partial charge >= 0.3 is 5.82 Å². The van der Waals surface area contributed by atoms with Crippen molar-refractivity contribution in [2.75, 3.05) is 7.05 Å². The summed E-state index contributed by atoms with van der Waals surface area (Å²) in [5, 5.41) is 10.5. The Balaban J connectivity index is 1.91. The van der Waals surface area contributed by atoms with Gasteiger partial charge in [-0.3, -0.25) is 4.79 Å². The number of amides is 1. The molecule has 1 aliphatic rings. The maximum atomic E-state index is 12.2. The second kappa shape index (κ2) is 6.02. The summed E-state index contributed by atoms with van der Waals surface area (Å²) in [7, 11) is 1.81. The summed E-state index contributed by atoms with van der Waals surface area (Å²) >= 11 is 0. The van der Waals surface area contributed by atoms with Gasteiger partial charge in [0.15, 0.2) is 0 Å². The van der Waals surface area contributed by atoms with E-state index < -0.39 is 4.92 Å². The number of imidazole rings is 1. The van der Waals surface area contributed by atoms with Crippen LogP contribution in [0.15, 0.2) is 12.5 Å². The van der Waals surface area contributed by atoms with Crippen molar-refractivity contribution in [3.05, 3.63) is 22.6 Å². The highest BCUT2D eigenvalue weighted by atomic mass is 16.6. The van der Waals surface area contributed by atoms with Crippen molar-refractivity contribution in [2.45, 2.75) is 45.2 Å². The number of hydrogen-bond acceptors (Lipinski definition) is 4. The lowest BCUT2D eigenvalue weighted by Crippen LogP contribution is -2.40. The summed E-state index contributed by atoms with van der Waals surface area (Å²) in [5.74, 6) is 0.481. The first kappa shape index (κ1) is 14.5. The van der Waals surface area contributed by atoms with Crippen molar-refractivity contribution in [3.63, 3.8) is 0 Å². The van der Waals surface area contributed by atoms with Crippen LogP contribution >= 0.6 is 0 Å². The van der Waals surface area contributed by atoms with Crippen molar-refractivity contribution < 1.29 is 9.72 Å². The lowest BCUT2D eigenvalue weighted by molar-refractivity contribution is -0.389. The summed E-state index contributed by atoms with van der Waals surface area (Å²) in [6.07, 6.45) is 6.99. The van der Waals surface area contributed by atoms with Crippen LogP contribution < -0.4 is 0 Å². The summed E-state index contributed by atoms with van der Waals surface area (Å²) in [4.78, 5) is 27.6. The molecular weight excluding hydrogens is 260 g/mol. The molecule has 1 amide bonds. The molecule has 0 N–H and O–H groups in total. The third-order valence-electron chi connectivity index (χ3n) is 4.05. The molecule has 0 radical (unpaired) electrons. The van der Waals surface area contributed by atoms with Crippen LogP contribution in [0.2, 0.25) is 0 Å². The Morgan fingerprint density at radius 3 is 2.70 bits per heavy atom. The van der Waals surface area contributed by atoms with Crippen LogP contribution in [0.4, 0.5) is 5.82 Å². The van der Waals surface area contributed by atoms with Crippen molar-refractivity contribution in [2.24, 2.45) is 5.92 Å². The Kier molecular flexibility index (Phi) is 4.36. The number of carbonyl (C=O) groups excluding carboxylic acids is 1. The second-order valence-corrected chi connectivity index (χ2v) is 5.58. The normalized spacial score (nSPS) is 22.5. The lowest BCUT2D eigenvalue weighted by atomic mass is 9.87. The average molecular weight is 280 g/mol. The minimum absolute atomic E-state index is 0.0307. The van der Waals surface area contributed by atoms with Crippen LogP contribution in [-0.2, 0) is 11.3 Å². The smallest absolute Gasteiger partial charge is 0.358 e. The highest BCUT2D eigenvalue weighted by Gasteiger charge is 2.25. The molecule has 0 unspecified atom stereocenters. The zero-order chi connectivity index (χ0) is 14.7. The van der Waals surface area contributed by atoms with E-state index in [2.05, 4.69) is 11.9 Å². The molecular formula is C13H20N4O3. The van der Waals surface area contributed by atoms with Crippen molar-refractivity contribution in [3.8, 4) is 0 Å². The molecule has 7 nitrogen and oxygen atoms in total. The fraction of sp³-hybridized carbons (Fsp3) is 0.692. The highest BCUT2D eigenvalue weighted by molar-refractivity contribution is 5.76. The first-order chi connectivity index (χ1) is 9.47. The van der Waals surface area contributed by atoms with Gasteiger partial charge in [0.05, 0.1) is 0 Å². The van der Waals surface area contributed by atoms with Gasteiger partial charge in [-0.15, -0.1) is 0 Å². The van der Waals surface area contributed by atoms with E-state index in [4.69, 9.17) is 0 Å².